The predicted octanol–water partition coefficient (Wildman–Crippen LogP) is 2.45. The molecule has 5 N–H and O–H groups in total. The number of H-pyrrole nitrogens is 1. The van der Waals surface area contributed by atoms with E-state index in [2.05, 4.69) is 34.1 Å². The molecule has 0 radical (unpaired) electrons. The van der Waals surface area contributed by atoms with Crippen molar-refractivity contribution in [3.63, 3.8) is 0 Å². The van der Waals surface area contributed by atoms with Crippen LogP contribution in [0.3, 0.4) is 0 Å². The molecule has 0 saturated heterocycles. The van der Waals surface area contributed by atoms with Crippen molar-refractivity contribution in [2.75, 3.05) is 18.9 Å². The molecule has 120 valence electrons. The number of aliphatic hydroxyl groups is 1. The first-order chi connectivity index (χ1) is 10.2. The number of anilines is 1. The van der Waals surface area contributed by atoms with Gasteiger partial charge in [-0.3, -0.25) is 0 Å². The first-order valence-corrected chi connectivity index (χ1v) is 7.62. The van der Waals surface area contributed by atoms with Crippen molar-refractivity contribution in [3.8, 4) is 0 Å². The topological polar surface area (TPSA) is 99.8 Å². The van der Waals surface area contributed by atoms with Crippen molar-refractivity contribution < 1.29 is 5.11 Å². The van der Waals surface area contributed by atoms with Gasteiger partial charge in [-0.05, 0) is 0 Å². The molecule has 0 atom stereocenters. The summed E-state index contributed by atoms with van der Waals surface area (Å²) in [4.78, 5) is 11.1. The number of nitrogen functional groups attached to an aromatic ring is 1. The lowest BCUT2D eigenvalue weighted by atomic mass is 10.3. The van der Waals surface area contributed by atoms with Gasteiger partial charge in [-0.2, -0.15) is 0 Å². The van der Waals surface area contributed by atoms with Crippen molar-refractivity contribution >= 4 is 16.9 Å². The Hall–Kier alpha value is -1.66. The lowest BCUT2D eigenvalue weighted by Crippen LogP contribution is -2.17. The molecule has 0 saturated carbocycles. The second-order valence-electron chi connectivity index (χ2n) is 4.20. The van der Waals surface area contributed by atoms with E-state index in [1.165, 1.54) is 19.2 Å². The van der Waals surface area contributed by atoms with Gasteiger partial charge >= 0.3 is 0 Å². The predicted molar refractivity (Wildman–Crippen MR) is 89.0 cm³/mol. The molecule has 2 rings (SSSR count). The summed E-state index contributed by atoms with van der Waals surface area (Å²) >= 11 is 0. The largest absolute Gasteiger partial charge is 0.395 e. The standard InChI is InChI=1S/C9H13N5O.C4H10.C2H6/c10-9-8-7(13-5-14-9)6(4-12-8)3-11-1-2-15;1-3-4-2;1-2/h4-5,11-12,15H,1-3H2,(H2,10,13,14);3-4H2,1-2H3;1-2H3. The zero-order valence-corrected chi connectivity index (χ0v) is 13.6. The molecule has 6 nitrogen and oxygen atoms in total. The number of nitrogens with two attached hydrogens (primary N) is 1. The maximum Gasteiger partial charge on any atom is 0.151 e. The van der Waals surface area contributed by atoms with Gasteiger partial charge in [0, 0.05) is 24.8 Å². The summed E-state index contributed by atoms with van der Waals surface area (Å²) in [7, 11) is 0. The molecule has 0 aliphatic heterocycles. The fourth-order valence-electron chi connectivity index (χ4n) is 1.45. The number of hydrogen-bond acceptors (Lipinski definition) is 5. The summed E-state index contributed by atoms with van der Waals surface area (Å²) in [6, 6.07) is 0. The molecular formula is C15H29N5O. The minimum absolute atomic E-state index is 0.124. The van der Waals surface area contributed by atoms with Crippen LogP contribution in [0, 0.1) is 0 Å². The first kappa shape index (κ1) is 19.3. The monoisotopic (exact) mass is 295 g/mol. The normalized spacial score (nSPS) is 9.57. The van der Waals surface area contributed by atoms with E-state index in [0.29, 0.717) is 18.9 Å². The second-order valence-corrected chi connectivity index (χ2v) is 4.20. The molecule has 21 heavy (non-hydrogen) atoms. The highest BCUT2D eigenvalue weighted by Crippen LogP contribution is 2.18. The molecule has 0 aliphatic rings. The van der Waals surface area contributed by atoms with Gasteiger partial charge in [-0.25, -0.2) is 9.97 Å². The molecule has 0 fully saturated rings. The molecule has 0 spiro atoms. The van der Waals surface area contributed by atoms with Gasteiger partial charge in [0.2, 0.25) is 0 Å². The fraction of sp³-hybridized carbons (Fsp3) is 0.600. The minimum atomic E-state index is 0.124. The molecule has 0 amide bonds. The third-order valence-corrected chi connectivity index (χ3v) is 2.68. The van der Waals surface area contributed by atoms with Crippen LogP contribution < -0.4 is 11.1 Å². The Morgan fingerprint density at radius 3 is 2.48 bits per heavy atom. The number of hydrogen-bond donors (Lipinski definition) is 4. The van der Waals surface area contributed by atoms with E-state index < -0.39 is 0 Å². The number of aromatic nitrogens is 3. The van der Waals surface area contributed by atoms with Crippen LogP contribution in [0.4, 0.5) is 5.82 Å². The third-order valence-electron chi connectivity index (χ3n) is 2.68. The summed E-state index contributed by atoms with van der Waals surface area (Å²) in [5, 5.41) is 11.7. The van der Waals surface area contributed by atoms with Crippen LogP contribution >= 0.6 is 0 Å². The molecule has 6 heteroatoms. The van der Waals surface area contributed by atoms with E-state index in [1.54, 1.807) is 0 Å². The SMILES string of the molecule is CC.CCCC.Nc1ncnc2c(CNCCO)c[nH]c12. The number of unbranched alkanes of at least 4 members (excludes halogenated alkanes) is 1. The molecule has 0 aromatic carbocycles. The van der Waals surface area contributed by atoms with Crippen LogP contribution in [0.2, 0.25) is 0 Å². The van der Waals surface area contributed by atoms with E-state index in [1.807, 2.05) is 20.0 Å². The van der Waals surface area contributed by atoms with E-state index in [4.69, 9.17) is 10.8 Å². The second kappa shape index (κ2) is 12.1. The number of fused-ring (bicyclic) bond motifs is 1. The van der Waals surface area contributed by atoms with E-state index in [-0.39, 0.29) is 6.61 Å². The van der Waals surface area contributed by atoms with Crippen LogP contribution in [-0.2, 0) is 6.54 Å². The van der Waals surface area contributed by atoms with Gasteiger partial charge in [0.15, 0.2) is 5.82 Å². The minimum Gasteiger partial charge on any atom is -0.395 e. The smallest absolute Gasteiger partial charge is 0.151 e. The van der Waals surface area contributed by atoms with Crippen molar-refractivity contribution in [1.82, 2.24) is 20.3 Å². The van der Waals surface area contributed by atoms with Crippen LogP contribution in [0.15, 0.2) is 12.5 Å². The molecule has 2 heterocycles. The van der Waals surface area contributed by atoms with E-state index >= 15 is 0 Å². The molecule has 2 aromatic heterocycles. The van der Waals surface area contributed by atoms with Crippen molar-refractivity contribution in [2.45, 2.75) is 47.1 Å². The number of aromatic amines is 1. The van der Waals surface area contributed by atoms with Crippen molar-refractivity contribution in [1.29, 1.82) is 0 Å². The highest BCUT2D eigenvalue weighted by Gasteiger charge is 2.06. The fourth-order valence-corrected chi connectivity index (χ4v) is 1.45. The van der Waals surface area contributed by atoms with Crippen LogP contribution in [-0.4, -0.2) is 33.2 Å². The lowest BCUT2D eigenvalue weighted by Gasteiger charge is -2.00. The number of nitrogens with zero attached hydrogens (tertiary/aromatic N) is 2. The van der Waals surface area contributed by atoms with Crippen LogP contribution in [0.25, 0.3) is 11.0 Å². The summed E-state index contributed by atoms with van der Waals surface area (Å²) in [6.45, 7) is 9.70. The van der Waals surface area contributed by atoms with Gasteiger partial charge in [0.05, 0.1) is 12.1 Å². The average molecular weight is 295 g/mol. The van der Waals surface area contributed by atoms with Crippen LogP contribution in [0.1, 0.15) is 46.1 Å². The number of nitrogens with one attached hydrogen (secondary N) is 2. The van der Waals surface area contributed by atoms with E-state index in [0.717, 1.165) is 16.6 Å². The maximum atomic E-state index is 8.64. The average Bonchev–Trinajstić information content (AvgIpc) is 2.95. The summed E-state index contributed by atoms with van der Waals surface area (Å²) < 4.78 is 0. The third kappa shape index (κ3) is 6.55. The Labute approximate surface area is 127 Å². The first-order valence-electron chi connectivity index (χ1n) is 7.62. The molecule has 0 bridgehead atoms. The quantitative estimate of drug-likeness (QED) is 0.635. The molecule has 2 aromatic rings. The number of rotatable bonds is 5. The summed E-state index contributed by atoms with van der Waals surface area (Å²) in [5.74, 6) is 0.452. The molecule has 0 unspecified atom stereocenters. The van der Waals surface area contributed by atoms with E-state index in [9.17, 15) is 0 Å². The van der Waals surface area contributed by atoms with Gasteiger partial charge in [-0.15, -0.1) is 0 Å². The molecule has 0 aliphatic carbocycles. The van der Waals surface area contributed by atoms with Gasteiger partial charge in [0.25, 0.3) is 0 Å². The summed E-state index contributed by atoms with van der Waals surface area (Å²) in [6.07, 6.45) is 5.93. The molecular weight excluding hydrogens is 266 g/mol. The number of aliphatic hydroxyl groups excluding tert-OH is 1. The maximum absolute atomic E-state index is 8.64. The Morgan fingerprint density at radius 2 is 1.90 bits per heavy atom. The van der Waals surface area contributed by atoms with Crippen LogP contribution in [0.5, 0.6) is 0 Å². The summed E-state index contributed by atoms with van der Waals surface area (Å²) in [5.41, 5.74) is 8.29. The highest BCUT2D eigenvalue weighted by atomic mass is 16.3. The van der Waals surface area contributed by atoms with Crippen molar-refractivity contribution in [2.24, 2.45) is 0 Å². The van der Waals surface area contributed by atoms with Gasteiger partial charge in [-0.1, -0.05) is 40.5 Å². The van der Waals surface area contributed by atoms with Crippen molar-refractivity contribution in [3.05, 3.63) is 18.1 Å². The van der Waals surface area contributed by atoms with Gasteiger partial charge in [0.1, 0.15) is 11.8 Å². The highest BCUT2D eigenvalue weighted by molar-refractivity contribution is 5.86. The Bertz CT molecular complexity index is 482. The Morgan fingerprint density at radius 1 is 1.24 bits per heavy atom. The Kier molecular flexibility index (Phi) is 11.2. The zero-order valence-electron chi connectivity index (χ0n) is 13.6. The zero-order chi connectivity index (χ0) is 16.1. The lowest BCUT2D eigenvalue weighted by molar-refractivity contribution is 0.292. The Balaban J connectivity index is 0.000000579. The van der Waals surface area contributed by atoms with Gasteiger partial charge < -0.3 is 21.1 Å².